The highest BCUT2D eigenvalue weighted by Crippen LogP contribution is 2.38. The number of hydrogen-bond donors (Lipinski definition) is 1. The lowest BCUT2D eigenvalue weighted by Gasteiger charge is -2.25. The fourth-order valence-electron chi connectivity index (χ4n) is 3.58. The van der Waals surface area contributed by atoms with Gasteiger partial charge in [-0.1, -0.05) is 12.1 Å². The van der Waals surface area contributed by atoms with Crippen LogP contribution in [0.25, 0.3) is 0 Å². The quantitative estimate of drug-likeness (QED) is 0.370. The van der Waals surface area contributed by atoms with Crippen LogP contribution in [0.3, 0.4) is 0 Å². The molecule has 0 aliphatic carbocycles. The second-order valence-electron chi connectivity index (χ2n) is 7.20. The number of nitrogens with one attached hydrogen (secondary N) is 1. The van der Waals surface area contributed by atoms with Crippen LogP contribution in [0.1, 0.15) is 25.3 Å². The van der Waals surface area contributed by atoms with Gasteiger partial charge in [0.1, 0.15) is 5.75 Å². The molecule has 0 bridgehead atoms. The number of hydrogen-bond acceptors (Lipinski definition) is 3. The van der Waals surface area contributed by atoms with E-state index < -0.39 is 12.8 Å². The summed E-state index contributed by atoms with van der Waals surface area (Å²) in [4.78, 5) is 6.94. The Morgan fingerprint density at radius 1 is 1.36 bits per heavy atom. The maximum Gasteiger partial charge on any atom is 0.422 e. The van der Waals surface area contributed by atoms with Gasteiger partial charge in [0.05, 0.1) is 13.2 Å². The number of halogens is 4. The van der Waals surface area contributed by atoms with E-state index in [1.165, 1.54) is 6.07 Å². The molecule has 5 nitrogen and oxygen atoms in total. The number of ether oxygens (including phenoxy) is 2. The predicted molar refractivity (Wildman–Crippen MR) is 112 cm³/mol. The van der Waals surface area contributed by atoms with Crippen LogP contribution >= 0.6 is 24.0 Å². The summed E-state index contributed by atoms with van der Waals surface area (Å²) >= 11 is 0. The van der Waals surface area contributed by atoms with Crippen molar-refractivity contribution in [3.63, 3.8) is 0 Å². The first-order valence-electron chi connectivity index (χ1n) is 9.29. The van der Waals surface area contributed by atoms with Crippen LogP contribution in [0.2, 0.25) is 0 Å². The minimum atomic E-state index is -4.35. The van der Waals surface area contributed by atoms with E-state index in [1.807, 2.05) is 13.0 Å². The summed E-state index contributed by atoms with van der Waals surface area (Å²) in [5.74, 6) is 1.04. The Morgan fingerprint density at radius 2 is 2.18 bits per heavy atom. The molecule has 0 aromatic heterocycles. The minimum absolute atomic E-state index is 0. The van der Waals surface area contributed by atoms with Gasteiger partial charge in [-0.2, -0.15) is 13.2 Å². The molecule has 9 heteroatoms. The molecule has 1 atom stereocenters. The van der Waals surface area contributed by atoms with Gasteiger partial charge in [-0.05, 0) is 37.5 Å². The standard InChI is InChI=1S/C19H26F3N3O2.HI/c1-2-23-17(25-8-6-18(12-25)7-9-26-13-18)24-11-15-4-3-5-16(10-15)27-14-19(20,21)22;/h3-5,10H,2,6-9,11-14H2,1H3,(H,23,24);1H. The molecule has 2 fully saturated rings. The van der Waals surface area contributed by atoms with Crippen molar-refractivity contribution >= 4 is 29.9 Å². The molecule has 3 rings (SSSR count). The van der Waals surface area contributed by atoms with Crippen LogP contribution in [-0.4, -0.2) is 56.5 Å². The normalized spacial score (nSPS) is 22.4. The summed E-state index contributed by atoms with van der Waals surface area (Å²) in [5.41, 5.74) is 1.05. The van der Waals surface area contributed by atoms with Crippen LogP contribution in [0.5, 0.6) is 5.75 Å². The minimum Gasteiger partial charge on any atom is -0.484 e. The lowest BCUT2D eigenvalue weighted by atomic mass is 9.87. The Balaban J connectivity index is 0.00000280. The van der Waals surface area contributed by atoms with E-state index in [4.69, 9.17) is 9.47 Å². The zero-order valence-electron chi connectivity index (χ0n) is 15.9. The third kappa shape index (κ3) is 6.40. The molecule has 2 aliphatic rings. The molecule has 1 unspecified atom stereocenters. The Kier molecular flexibility index (Phi) is 8.23. The average Bonchev–Trinajstić information content (AvgIpc) is 3.27. The van der Waals surface area contributed by atoms with Crippen LogP contribution in [0.15, 0.2) is 29.3 Å². The van der Waals surface area contributed by atoms with Gasteiger partial charge in [0, 0.05) is 31.7 Å². The van der Waals surface area contributed by atoms with Gasteiger partial charge in [0.25, 0.3) is 0 Å². The second kappa shape index (κ2) is 10.00. The first-order chi connectivity index (χ1) is 12.9. The van der Waals surface area contributed by atoms with Crippen molar-refractivity contribution in [2.45, 2.75) is 32.5 Å². The summed E-state index contributed by atoms with van der Waals surface area (Å²) in [6, 6.07) is 6.65. The lowest BCUT2D eigenvalue weighted by molar-refractivity contribution is -0.153. The Bertz CT molecular complexity index is 664. The van der Waals surface area contributed by atoms with E-state index in [9.17, 15) is 13.2 Å². The maximum absolute atomic E-state index is 12.3. The number of nitrogens with zero attached hydrogens (tertiary/aromatic N) is 2. The molecule has 28 heavy (non-hydrogen) atoms. The molecule has 2 heterocycles. The van der Waals surface area contributed by atoms with Gasteiger partial charge in [0.15, 0.2) is 12.6 Å². The van der Waals surface area contributed by atoms with Gasteiger partial charge in [-0.3, -0.25) is 0 Å². The van der Waals surface area contributed by atoms with Crippen molar-refractivity contribution in [3.8, 4) is 5.75 Å². The first-order valence-corrected chi connectivity index (χ1v) is 9.29. The molecule has 1 aromatic rings. The van der Waals surface area contributed by atoms with Crippen molar-refractivity contribution < 1.29 is 22.6 Å². The van der Waals surface area contributed by atoms with Crippen LogP contribution < -0.4 is 10.1 Å². The molecule has 0 amide bonds. The Morgan fingerprint density at radius 3 is 2.86 bits per heavy atom. The fourth-order valence-corrected chi connectivity index (χ4v) is 3.58. The summed E-state index contributed by atoms with van der Waals surface area (Å²) in [6.45, 7) is 5.36. The van der Waals surface area contributed by atoms with E-state index in [1.54, 1.807) is 12.1 Å². The van der Waals surface area contributed by atoms with E-state index in [0.29, 0.717) is 6.54 Å². The Hall–Kier alpha value is -1.23. The van der Waals surface area contributed by atoms with Crippen molar-refractivity contribution in [1.29, 1.82) is 0 Å². The molecule has 0 saturated carbocycles. The monoisotopic (exact) mass is 513 g/mol. The van der Waals surface area contributed by atoms with Gasteiger partial charge >= 0.3 is 6.18 Å². The Labute approximate surface area is 180 Å². The summed E-state index contributed by atoms with van der Waals surface area (Å²) < 4.78 is 47.3. The second-order valence-corrected chi connectivity index (χ2v) is 7.20. The summed E-state index contributed by atoms with van der Waals surface area (Å²) in [6.07, 6.45) is -2.16. The highest BCUT2D eigenvalue weighted by Gasteiger charge is 2.42. The van der Waals surface area contributed by atoms with Crippen LogP contribution in [-0.2, 0) is 11.3 Å². The van der Waals surface area contributed by atoms with E-state index in [0.717, 1.165) is 57.2 Å². The molecule has 0 radical (unpaired) electrons. The molecule has 158 valence electrons. The molecular formula is C19H27F3IN3O2. The largest absolute Gasteiger partial charge is 0.484 e. The average molecular weight is 513 g/mol. The topological polar surface area (TPSA) is 46.1 Å². The number of guanidine groups is 1. The summed E-state index contributed by atoms with van der Waals surface area (Å²) in [7, 11) is 0. The van der Waals surface area contributed by atoms with Gasteiger partial charge in [0.2, 0.25) is 0 Å². The number of rotatable bonds is 5. The molecule has 2 saturated heterocycles. The highest BCUT2D eigenvalue weighted by molar-refractivity contribution is 14.0. The lowest BCUT2D eigenvalue weighted by Crippen LogP contribution is -2.41. The van der Waals surface area contributed by atoms with Gasteiger partial charge < -0.3 is 19.7 Å². The molecule has 1 aromatic carbocycles. The third-order valence-electron chi connectivity index (χ3n) is 4.97. The number of benzene rings is 1. The van der Waals surface area contributed by atoms with E-state index in [2.05, 4.69) is 15.2 Å². The molecular weight excluding hydrogens is 486 g/mol. The SMILES string of the molecule is CCNC(=NCc1cccc(OCC(F)(F)F)c1)N1CCC2(CCOC2)C1.I. The van der Waals surface area contributed by atoms with Crippen molar-refractivity contribution in [3.05, 3.63) is 29.8 Å². The fraction of sp³-hybridized carbons (Fsp3) is 0.632. The van der Waals surface area contributed by atoms with Crippen LogP contribution in [0.4, 0.5) is 13.2 Å². The van der Waals surface area contributed by atoms with Crippen molar-refractivity contribution in [1.82, 2.24) is 10.2 Å². The smallest absolute Gasteiger partial charge is 0.422 e. The summed E-state index contributed by atoms with van der Waals surface area (Å²) in [5, 5.41) is 3.32. The third-order valence-corrected chi connectivity index (χ3v) is 4.97. The van der Waals surface area contributed by atoms with E-state index in [-0.39, 0.29) is 35.1 Å². The molecule has 2 aliphatic heterocycles. The van der Waals surface area contributed by atoms with Gasteiger partial charge in [-0.25, -0.2) is 4.99 Å². The number of aliphatic imine (C=N–C) groups is 1. The number of likely N-dealkylation sites (tertiary alicyclic amines) is 1. The molecule has 1 spiro atoms. The van der Waals surface area contributed by atoms with Gasteiger partial charge in [-0.15, -0.1) is 24.0 Å². The van der Waals surface area contributed by atoms with E-state index >= 15 is 0 Å². The maximum atomic E-state index is 12.3. The van der Waals surface area contributed by atoms with Crippen molar-refractivity contribution in [2.75, 3.05) is 39.5 Å². The number of alkyl halides is 3. The zero-order chi connectivity index (χ0) is 19.3. The van der Waals surface area contributed by atoms with Crippen molar-refractivity contribution in [2.24, 2.45) is 10.4 Å². The predicted octanol–water partition coefficient (Wildman–Crippen LogP) is 3.82. The molecule has 1 N–H and O–H groups in total. The zero-order valence-corrected chi connectivity index (χ0v) is 18.3. The first kappa shape index (κ1) is 23.1. The highest BCUT2D eigenvalue weighted by atomic mass is 127. The van der Waals surface area contributed by atoms with Crippen LogP contribution in [0, 0.1) is 5.41 Å².